The number of carbonyl (C=O) groups excluding carboxylic acids is 1. The molecular weight excluding hydrogens is 303 g/mol. The third-order valence-electron chi connectivity index (χ3n) is 3.28. The van der Waals surface area contributed by atoms with Gasteiger partial charge < -0.3 is 14.7 Å². The van der Waals surface area contributed by atoms with E-state index in [4.69, 9.17) is 9.84 Å². The van der Waals surface area contributed by atoms with Crippen molar-refractivity contribution in [3.8, 4) is 5.75 Å². The average Bonchev–Trinajstić information content (AvgIpc) is 2.42. The van der Waals surface area contributed by atoms with E-state index in [2.05, 4.69) is 0 Å². The van der Waals surface area contributed by atoms with E-state index >= 15 is 0 Å². The van der Waals surface area contributed by atoms with Crippen LogP contribution in [0.2, 0.25) is 0 Å². The molecule has 0 radical (unpaired) electrons. The number of hydrogen-bond donors (Lipinski definition) is 1. The summed E-state index contributed by atoms with van der Waals surface area (Å²) in [5.41, 5.74) is -2.49. The molecular formula is C14H16F3NO4. The SMILES string of the molecule is CN(C(=O)COc1ccccc1C(F)(F)F)C(C)(C)C(=O)O. The summed E-state index contributed by atoms with van der Waals surface area (Å²) in [4.78, 5) is 23.8. The lowest BCUT2D eigenvalue weighted by atomic mass is 10.0. The number of para-hydroxylation sites is 1. The highest BCUT2D eigenvalue weighted by Crippen LogP contribution is 2.35. The summed E-state index contributed by atoms with van der Waals surface area (Å²) in [5, 5.41) is 9.01. The van der Waals surface area contributed by atoms with Crippen LogP contribution in [-0.4, -0.2) is 41.1 Å². The van der Waals surface area contributed by atoms with Crippen molar-refractivity contribution in [2.45, 2.75) is 25.6 Å². The van der Waals surface area contributed by atoms with Gasteiger partial charge in [-0.2, -0.15) is 13.2 Å². The fourth-order valence-corrected chi connectivity index (χ4v) is 1.52. The highest BCUT2D eigenvalue weighted by molar-refractivity contribution is 5.86. The number of likely N-dealkylation sites (N-methyl/N-ethyl adjacent to an activating group) is 1. The maximum Gasteiger partial charge on any atom is 0.419 e. The summed E-state index contributed by atoms with van der Waals surface area (Å²) in [5.74, 6) is -2.46. The number of alkyl halides is 3. The number of carboxylic acids is 1. The van der Waals surface area contributed by atoms with E-state index in [9.17, 15) is 22.8 Å². The quantitative estimate of drug-likeness (QED) is 0.905. The van der Waals surface area contributed by atoms with Crippen molar-refractivity contribution >= 4 is 11.9 Å². The van der Waals surface area contributed by atoms with Crippen LogP contribution in [0.15, 0.2) is 24.3 Å². The van der Waals surface area contributed by atoms with E-state index in [-0.39, 0.29) is 0 Å². The van der Waals surface area contributed by atoms with Gasteiger partial charge in [-0.05, 0) is 26.0 Å². The lowest BCUT2D eigenvalue weighted by molar-refractivity contribution is -0.156. The molecule has 22 heavy (non-hydrogen) atoms. The minimum Gasteiger partial charge on any atom is -0.483 e. The second kappa shape index (κ2) is 6.25. The molecule has 0 bridgehead atoms. The Morgan fingerprint density at radius 2 is 1.77 bits per heavy atom. The minimum absolute atomic E-state index is 0.482. The Bertz CT molecular complexity index is 569. The largest absolute Gasteiger partial charge is 0.483 e. The molecule has 0 saturated heterocycles. The summed E-state index contributed by atoms with van der Waals surface area (Å²) in [6.45, 7) is 1.91. The van der Waals surface area contributed by atoms with Crippen LogP contribution in [0.3, 0.4) is 0 Å². The maximum atomic E-state index is 12.8. The zero-order valence-electron chi connectivity index (χ0n) is 12.3. The Kier molecular flexibility index (Phi) is 5.05. The van der Waals surface area contributed by atoms with Gasteiger partial charge in [-0.15, -0.1) is 0 Å². The topological polar surface area (TPSA) is 66.8 Å². The molecule has 0 unspecified atom stereocenters. The lowest BCUT2D eigenvalue weighted by Crippen LogP contribution is -2.52. The van der Waals surface area contributed by atoms with Crippen molar-refractivity contribution in [3.05, 3.63) is 29.8 Å². The summed E-state index contributed by atoms with van der Waals surface area (Å²) >= 11 is 0. The Morgan fingerprint density at radius 3 is 2.27 bits per heavy atom. The first-order valence-corrected chi connectivity index (χ1v) is 6.27. The number of halogens is 3. The van der Waals surface area contributed by atoms with Crippen LogP contribution < -0.4 is 4.74 Å². The normalized spacial score (nSPS) is 11.9. The molecule has 0 spiro atoms. The highest BCUT2D eigenvalue weighted by Gasteiger charge is 2.36. The van der Waals surface area contributed by atoms with Gasteiger partial charge in [-0.25, -0.2) is 4.79 Å². The first-order valence-electron chi connectivity index (χ1n) is 6.27. The van der Waals surface area contributed by atoms with E-state index in [1.165, 1.54) is 33.0 Å². The molecule has 0 saturated carbocycles. The molecule has 1 aromatic carbocycles. The van der Waals surface area contributed by atoms with Crippen molar-refractivity contribution in [1.29, 1.82) is 0 Å². The van der Waals surface area contributed by atoms with Gasteiger partial charge in [0.2, 0.25) is 0 Å². The maximum absolute atomic E-state index is 12.8. The van der Waals surface area contributed by atoms with Crippen LogP contribution in [0, 0.1) is 0 Å². The van der Waals surface area contributed by atoms with Gasteiger partial charge in [-0.3, -0.25) is 4.79 Å². The molecule has 0 fully saturated rings. The van der Waals surface area contributed by atoms with Gasteiger partial charge >= 0.3 is 12.1 Å². The first-order chi connectivity index (χ1) is 9.98. The van der Waals surface area contributed by atoms with Gasteiger partial charge in [0.15, 0.2) is 6.61 Å². The molecule has 0 aliphatic rings. The summed E-state index contributed by atoms with van der Waals surface area (Å²) < 4.78 is 43.2. The summed E-state index contributed by atoms with van der Waals surface area (Å²) in [6, 6.07) is 4.49. The second-order valence-electron chi connectivity index (χ2n) is 5.10. The number of amides is 1. The van der Waals surface area contributed by atoms with E-state index in [1.807, 2.05) is 0 Å². The van der Waals surface area contributed by atoms with Crippen LogP contribution >= 0.6 is 0 Å². The fraction of sp³-hybridized carbons (Fsp3) is 0.429. The number of aliphatic carboxylic acids is 1. The molecule has 1 aromatic rings. The van der Waals surface area contributed by atoms with E-state index in [0.717, 1.165) is 17.0 Å². The van der Waals surface area contributed by atoms with Crippen LogP contribution in [0.1, 0.15) is 19.4 Å². The van der Waals surface area contributed by atoms with Gasteiger partial charge in [0.25, 0.3) is 5.91 Å². The van der Waals surface area contributed by atoms with E-state index in [0.29, 0.717) is 0 Å². The standard InChI is InChI=1S/C14H16F3NO4/c1-13(2,12(20)21)18(3)11(19)8-22-10-7-5-4-6-9(10)14(15,16)17/h4-7H,8H2,1-3H3,(H,20,21). The Hall–Kier alpha value is -2.25. The Labute approximate surface area is 125 Å². The molecule has 122 valence electrons. The monoisotopic (exact) mass is 319 g/mol. The lowest BCUT2D eigenvalue weighted by Gasteiger charge is -2.31. The van der Waals surface area contributed by atoms with Crippen LogP contribution in [0.5, 0.6) is 5.75 Å². The molecule has 0 atom stereocenters. The zero-order chi connectivity index (χ0) is 17.1. The predicted molar refractivity (Wildman–Crippen MR) is 71.4 cm³/mol. The summed E-state index contributed by atoms with van der Waals surface area (Å²) in [7, 11) is 1.25. The van der Waals surface area contributed by atoms with Crippen LogP contribution in [0.25, 0.3) is 0 Å². The molecule has 0 aliphatic heterocycles. The van der Waals surface area contributed by atoms with Gasteiger partial charge in [0, 0.05) is 7.05 Å². The van der Waals surface area contributed by atoms with Crippen molar-refractivity contribution in [2.75, 3.05) is 13.7 Å². The van der Waals surface area contributed by atoms with Crippen LogP contribution in [-0.2, 0) is 15.8 Å². The highest BCUT2D eigenvalue weighted by atomic mass is 19.4. The van der Waals surface area contributed by atoms with Crippen molar-refractivity contribution in [1.82, 2.24) is 4.90 Å². The number of ether oxygens (including phenoxy) is 1. The third kappa shape index (κ3) is 3.90. The van der Waals surface area contributed by atoms with Crippen LogP contribution in [0.4, 0.5) is 13.2 Å². The summed E-state index contributed by atoms with van der Waals surface area (Å²) in [6.07, 6.45) is -4.61. The van der Waals surface area contributed by atoms with E-state index in [1.54, 1.807) is 0 Å². The molecule has 1 rings (SSSR count). The van der Waals surface area contributed by atoms with E-state index < -0.39 is 41.5 Å². The van der Waals surface area contributed by atoms with Gasteiger partial charge in [0.1, 0.15) is 11.3 Å². The average molecular weight is 319 g/mol. The first kappa shape index (κ1) is 17.8. The molecule has 0 heterocycles. The van der Waals surface area contributed by atoms with Crippen molar-refractivity contribution in [2.24, 2.45) is 0 Å². The molecule has 1 amide bonds. The number of benzene rings is 1. The molecule has 8 heteroatoms. The fourth-order valence-electron chi connectivity index (χ4n) is 1.52. The number of carboxylic acid groups (broad SMARTS) is 1. The number of nitrogens with zero attached hydrogens (tertiary/aromatic N) is 1. The zero-order valence-corrected chi connectivity index (χ0v) is 12.3. The Morgan fingerprint density at radius 1 is 1.23 bits per heavy atom. The molecule has 5 nitrogen and oxygen atoms in total. The van der Waals surface area contributed by atoms with Gasteiger partial charge in [-0.1, -0.05) is 12.1 Å². The van der Waals surface area contributed by atoms with Crippen molar-refractivity contribution in [3.63, 3.8) is 0 Å². The number of carbonyl (C=O) groups is 2. The third-order valence-corrected chi connectivity index (χ3v) is 3.28. The molecule has 1 N–H and O–H groups in total. The number of rotatable bonds is 5. The Balaban J connectivity index is 2.84. The smallest absolute Gasteiger partial charge is 0.419 e. The molecule has 0 aliphatic carbocycles. The number of hydrogen-bond acceptors (Lipinski definition) is 3. The van der Waals surface area contributed by atoms with Gasteiger partial charge in [0.05, 0.1) is 5.56 Å². The molecule has 0 aromatic heterocycles. The minimum atomic E-state index is -4.61. The predicted octanol–water partition coefficient (Wildman–Crippen LogP) is 2.41. The second-order valence-corrected chi connectivity index (χ2v) is 5.10. The van der Waals surface area contributed by atoms with Crippen molar-refractivity contribution < 1.29 is 32.6 Å².